The van der Waals surface area contributed by atoms with Crippen LogP contribution in [0.4, 0.5) is 0 Å². The third-order valence-electron chi connectivity index (χ3n) is 2.24. The van der Waals surface area contributed by atoms with E-state index in [1.54, 1.807) is 7.05 Å². The van der Waals surface area contributed by atoms with Gasteiger partial charge in [-0.05, 0) is 0 Å². The number of hydrogen-bond donors (Lipinski definition) is 4. The van der Waals surface area contributed by atoms with Gasteiger partial charge in [0.05, 0.1) is 13.2 Å². The smallest absolute Gasteiger partial charge is 0.221 e. The molecule has 0 aromatic carbocycles. The summed E-state index contributed by atoms with van der Waals surface area (Å²) in [5.41, 5.74) is 0. The lowest BCUT2D eigenvalue weighted by Crippen LogP contribution is -2.36. The first kappa shape index (κ1) is 15.3. The van der Waals surface area contributed by atoms with Crippen molar-refractivity contribution in [3.8, 4) is 0 Å². The van der Waals surface area contributed by atoms with Crippen molar-refractivity contribution in [3.05, 3.63) is 0 Å². The van der Waals surface area contributed by atoms with Crippen LogP contribution >= 0.6 is 0 Å². The zero-order valence-corrected chi connectivity index (χ0v) is 9.91. The number of hydrogen-bond acceptors (Lipinski definition) is 5. The van der Waals surface area contributed by atoms with Gasteiger partial charge in [-0.2, -0.15) is 0 Å². The van der Waals surface area contributed by atoms with Crippen molar-refractivity contribution in [1.82, 2.24) is 15.5 Å². The Morgan fingerprint density at radius 3 is 2.25 bits per heavy atom. The van der Waals surface area contributed by atoms with Crippen LogP contribution in [0.5, 0.6) is 0 Å². The highest BCUT2D eigenvalue weighted by Gasteiger charge is 2.02. The molecule has 6 nitrogen and oxygen atoms in total. The first-order chi connectivity index (χ1) is 7.74. The van der Waals surface area contributed by atoms with Gasteiger partial charge in [-0.3, -0.25) is 9.69 Å². The molecule has 0 spiro atoms. The SMILES string of the molecule is CNC(=O)CCNCCN(CCO)CCO. The van der Waals surface area contributed by atoms with Crippen LogP contribution in [0.2, 0.25) is 0 Å². The predicted octanol–water partition coefficient (Wildman–Crippen LogP) is -2.00. The molecule has 0 aromatic rings. The Bertz CT molecular complexity index is 173. The van der Waals surface area contributed by atoms with Gasteiger partial charge in [-0.1, -0.05) is 0 Å². The van der Waals surface area contributed by atoms with Crippen LogP contribution in [0.15, 0.2) is 0 Å². The van der Waals surface area contributed by atoms with E-state index in [1.807, 2.05) is 4.90 Å². The van der Waals surface area contributed by atoms with Gasteiger partial charge in [0, 0.05) is 46.2 Å². The fourth-order valence-corrected chi connectivity index (χ4v) is 1.31. The standard InChI is InChI=1S/C10H23N3O3/c1-11-10(16)2-3-12-4-5-13(6-8-14)7-9-15/h12,14-15H,2-9H2,1H3,(H,11,16). The van der Waals surface area contributed by atoms with Gasteiger partial charge in [-0.25, -0.2) is 0 Å². The number of rotatable bonds is 10. The molecule has 0 aromatic heterocycles. The van der Waals surface area contributed by atoms with Crippen LogP contribution in [-0.2, 0) is 4.79 Å². The number of aliphatic hydroxyl groups excluding tert-OH is 2. The van der Waals surface area contributed by atoms with E-state index in [9.17, 15) is 4.79 Å². The van der Waals surface area contributed by atoms with E-state index in [0.717, 1.165) is 13.1 Å². The summed E-state index contributed by atoms with van der Waals surface area (Å²) in [6, 6.07) is 0. The number of nitrogens with one attached hydrogen (secondary N) is 2. The van der Waals surface area contributed by atoms with Gasteiger partial charge >= 0.3 is 0 Å². The summed E-state index contributed by atoms with van der Waals surface area (Å²) >= 11 is 0. The number of carbonyl (C=O) groups excluding carboxylic acids is 1. The van der Waals surface area contributed by atoms with Gasteiger partial charge in [0.15, 0.2) is 0 Å². The molecule has 0 bridgehead atoms. The summed E-state index contributed by atoms with van der Waals surface area (Å²) in [4.78, 5) is 12.9. The highest BCUT2D eigenvalue weighted by molar-refractivity contribution is 5.75. The Balaban J connectivity index is 3.42. The summed E-state index contributed by atoms with van der Waals surface area (Å²) < 4.78 is 0. The molecule has 0 radical (unpaired) electrons. The van der Waals surface area contributed by atoms with Crippen LogP contribution in [-0.4, -0.2) is 74.0 Å². The predicted molar refractivity (Wildman–Crippen MR) is 62.2 cm³/mol. The van der Waals surface area contributed by atoms with E-state index in [4.69, 9.17) is 10.2 Å². The van der Waals surface area contributed by atoms with Gasteiger partial charge in [-0.15, -0.1) is 0 Å². The monoisotopic (exact) mass is 233 g/mol. The Morgan fingerprint density at radius 1 is 1.12 bits per heavy atom. The van der Waals surface area contributed by atoms with Gasteiger partial charge < -0.3 is 20.8 Å². The minimum Gasteiger partial charge on any atom is -0.395 e. The molecule has 0 unspecified atom stereocenters. The second-order valence-electron chi connectivity index (χ2n) is 3.46. The molecule has 4 N–H and O–H groups in total. The summed E-state index contributed by atoms with van der Waals surface area (Å²) in [6.45, 7) is 3.48. The Kier molecular flexibility index (Phi) is 10.3. The van der Waals surface area contributed by atoms with Gasteiger partial charge in [0.25, 0.3) is 0 Å². The number of carbonyl (C=O) groups is 1. The largest absolute Gasteiger partial charge is 0.395 e. The molecule has 96 valence electrons. The van der Waals surface area contributed by atoms with E-state index < -0.39 is 0 Å². The van der Waals surface area contributed by atoms with Crippen molar-refractivity contribution >= 4 is 5.91 Å². The fraction of sp³-hybridized carbons (Fsp3) is 0.900. The molecular formula is C10H23N3O3. The molecule has 1 amide bonds. The van der Waals surface area contributed by atoms with Crippen LogP contribution in [0.25, 0.3) is 0 Å². The normalized spacial score (nSPS) is 10.8. The molecule has 0 saturated heterocycles. The molecule has 16 heavy (non-hydrogen) atoms. The Labute approximate surface area is 96.6 Å². The molecular weight excluding hydrogens is 210 g/mol. The minimum atomic E-state index is 0.0232. The quantitative estimate of drug-likeness (QED) is 0.328. The van der Waals surface area contributed by atoms with Crippen molar-refractivity contribution in [3.63, 3.8) is 0 Å². The number of amides is 1. The minimum absolute atomic E-state index is 0.0232. The van der Waals surface area contributed by atoms with E-state index in [0.29, 0.717) is 26.1 Å². The zero-order chi connectivity index (χ0) is 12.2. The van der Waals surface area contributed by atoms with Crippen molar-refractivity contribution in [2.24, 2.45) is 0 Å². The fourth-order valence-electron chi connectivity index (χ4n) is 1.31. The van der Waals surface area contributed by atoms with Crippen LogP contribution < -0.4 is 10.6 Å². The third kappa shape index (κ3) is 8.60. The van der Waals surface area contributed by atoms with Crippen molar-refractivity contribution < 1.29 is 15.0 Å². The molecule has 0 aliphatic carbocycles. The first-order valence-corrected chi connectivity index (χ1v) is 5.60. The maximum Gasteiger partial charge on any atom is 0.221 e. The Morgan fingerprint density at radius 2 is 1.75 bits per heavy atom. The highest BCUT2D eigenvalue weighted by Crippen LogP contribution is 1.85. The molecule has 0 aliphatic heterocycles. The van der Waals surface area contributed by atoms with Gasteiger partial charge in [0.2, 0.25) is 5.91 Å². The lowest BCUT2D eigenvalue weighted by atomic mass is 10.4. The van der Waals surface area contributed by atoms with Crippen LogP contribution in [0, 0.1) is 0 Å². The van der Waals surface area contributed by atoms with Crippen molar-refractivity contribution in [2.75, 3.05) is 53.0 Å². The maximum absolute atomic E-state index is 10.9. The second-order valence-corrected chi connectivity index (χ2v) is 3.46. The van der Waals surface area contributed by atoms with E-state index >= 15 is 0 Å². The maximum atomic E-state index is 10.9. The number of nitrogens with zero attached hydrogens (tertiary/aromatic N) is 1. The molecule has 0 fully saturated rings. The van der Waals surface area contributed by atoms with E-state index in [1.165, 1.54) is 0 Å². The van der Waals surface area contributed by atoms with E-state index in [2.05, 4.69) is 10.6 Å². The average molecular weight is 233 g/mol. The number of aliphatic hydroxyl groups is 2. The summed E-state index contributed by atoms with van der Waals surface area (Å²) in [5, 5.41) is 23.2. The topological polar surface area (TPSA) is 84.8 Å². The zero-order valence-electron chi connectivity index (χ0n) is 9.91. The summed E-state index contributed by atoms with van der Waals surface area (Å²) in [7, 11) is 1.62. The molecule has 6 heteroatoms. The lowest BCUT2D eigenvalue weighted by molar-refractivity contribution is -0.120. The lowest BCUT2D eigenvalue weighted by Gasteiger charge is -2.20. The first-order valence-electron chi connectivity index (χ1n) is 5.60. The Hall–Kier alpha value is -0.690. The molecule has 0 rings (SSSR count). The molecule has 0 saturated carbocycles. The molecule has 0 heterocycles. The molecule has 0 aliphatic rings. The average Bonchev–Trinajstić information content (AvgIpc) is 2.28. The molecule has 0 atom stereocenters. The summed E-state index contributed by atoms with van der Waals surface area (Å²) in [6.07, 6.45) is 0.469. The van der Waals surface area contributed by atoms with Crippen LogP contribution in [0.1, 0.15) is 6.42 Å². The van der Waals surface area contributed by atoms with Crippen molar-refractivity contribution in [1.29, 1.82) is 0 Å². The third-order valence-corrected chi connectivity index (χ3v) is 2.24. The van der Waals surface area contributed by atoms with Crippen molar-refractivity contribution in [2.45, 2.75) is 6.42 Å². The highest BCUT2D eigenvalue weighted by atomic mass is 16.3. The second kappa shape index (κ2) is 10.8. The summed E-state index contributed by atoms with van der Waals surface area (Å²) in [5.74, 6) is 0.0232. The van der Waals surface area contributed by atoms with Gasteiger partial charge in [0.1, 0.15) is 0 Å². The van der Waals surface area contributed by atoms with Crippen LogP contribution in [0.3, 0.4) is 0 Å². The van der Waals surface area contributed by atoms with E-state index in [-0.39, 0.29) is 19.1 Å².